The number of rotatable bonds is 3. The van der Waals surface area contributed by atoms with Gasteiger partial charge < -0.3 is 10.2 Å². The number of carbonyl (C=O) groups is 1. The Hall–Kier alpha value is -2.59. The van der Waals surface area contributed by atoms with Crippen molar-refractivity contribution in [2.24, 2.45) is 5.92 Å². The summed E-state index contributed by atoms with van der Waals surface area (Å²) in [5.74, 6) is 1.48. The Balaban J connectivity index is 1.68. The molecule has 1 aromatic heterocycles. The summed E-state index contributed by atoms with van der Waals surface area (Å²) in [7, 11) is 0. The molecular formula is C23H24ClN3O. The lowest BCUT2D eigenvalue weighted by molar-refractivity contribution is 0.0699. The summed E-state index contributed by atoms with van der Waals surface area (Å²) in [6.07, 6.45) is 3.82. The summed E-state index contributed by atoms with van der Waals surface area (Å²) in [5, 5.41) is 5.90. The third-order valence-electron chi connectivity index (χ3n) is 5.53. The van der Waals surface area contributed by atoms with Crippen LogP contribution in [0.25, 0.3) is 10.8 Å². The van der Waals surface area contributed by atoms with Crippen LogP contribution in [-0.2, 0) is 0 Å². The number of hydrogen-bond acceptors (Lipinski definition) is 3. The smallest absolute Gasteiger partial charge is 0.256 e. The molecule has 28 heavy (non-hydrogen) atoms. The Morgan fingerprint density at radius 2 is 1.86 bits per heavy atom. The van der Waals surface area contributed by atoms with Gasteiger partial charge in [-0.1, -0.05) is 48.9 Å². The minimum Gasteiger partial charge on any atom is -0.340 e. The molecule has 0 aliphatic carbocycles. The van der Waals surface area contributed by atoms with Crippen molar-refractivity contribution in [2.45, 2.75) is 26.7 Å². The molecule has 0 radical (unpaired) electrons. The Bertz CT molecular complexity index is 1030. The molecule has 2 aromatic carbocycles. The maximum atomic E-state index is 13.1. The largest absolute Gasteiger partial charge is 0.340 e. The minimum atomic E-state index is 0.0699. The van der Waals surface area contributed by atoms with Crippen molar-refractivity contribution < 1.29 is 4.79 Å². The number of piperidine rings is 1. The van der Waals surface area contributed by atoms with E-state index in [4.69, 9.17) is 11.6 Å². The van der Waals surface area contributed by atoms with Crippen molar-refractivity contribution in [1.29, 1.82) is 0 Å². The van der Waals surface area contributed by atoms with Crippen LogP contribution in [0.2, 0.25) is 5.02 Å². The lowest BCUT2D eigenvalue weighted by Crippen LogP contribution is -2.38. The monoisotopic (exact) mass is 393 g/mol. The Morgan fingerprint density at radius 3 is 2.57 bits per heavy atom. The Labute approximate surface area is 170 Å². The van der Waals surface area contributed by atoms with Crippen molar-refractivity contribution in [3.05, 3.63) is 64.8 Å². The van der Waals surface area contributed by atoms with Crippen LogP contribution in [0, 0.1) is 12.8 Å². The molecule has 1 fully saturated rings. The molecule has 1 saturated heterocycles. The summed E-state index contributed by atoms with van der Waals surface area (Å²) in [6.45, 7) is 5.85. The molecule has 1 N–H and O–H groups in total. The Morgan fingerprint density at radius 1 is 1.14 bits per heavy atom. The number of hydrogen-bond donors (Lipinski definition) is 1. The van der Waals surface area contributed by atoms with Crippen LogP contribution in [0.5, 0.6) is 0 Å². The number of pyridine rings is 1. The molecule has 1 aliphatic rings. The molecule has 0 saturated carbocycles. The fraction of sp³-hybridized carbons (Fsp3) is 0.304. The number of amides is 1. The summed E-state index contributed by atoms with van der Waals surface area (Å²) < 4.78 is 0. The number of halogens is 1. The van der Waals surface area contributed by atoms with Crippen LogP contribution in [0.3, 0.4) is 0 Å². The van der Waals surface area contributed by atoms with Gasteiger partial charge in [-0.25, -0.2) is 4.98 Å². The molecular weight excluding hydrogens is 370 g/mol. The highest BCUT2D eigenvalue weighted by molar-refractivity contribution is 6.31. The molecule has 5 heteroatoms. The van der Waals surface area contributed by atoms with Gasteiger partial charge in [0.2, 0.25) is 0 Å². The first-order valence-corrected chi connectivity index (χ1v) is 10.1. The highest BCUT2D eigenvalue weighted by Gasteiger charge is 2.23. The first-order chi connectivity index (χ1) is 13.5. The van der Waals surface area contributed by atoms with Crippen LogP contribution in [0.1, 0.15) is 35.7 Å². The SMILES string of the molecule is Cc1ccc(Nc2ncc(C(=O)N3CCC(C)CC3)c3ccccc23)cc1Cl. The van der Waals surface area contributed by atoms with Gasteiger partial charge in [-0.05, 0) is 48.8 Å². The summed E-state index contributed by atoms with van der Waals surface area (Å²) in [5.41, 5.74) is 2.57. The molecule has 0 atom stereocenters. The van der Waals surface area contributed by atoms with E-state index in [9.17, 15) is 4.79 Å². The fourth-order valence-electron chi connectivity index (χ4n) is 3.65. The van der Waals surface area contributed by atoms with Gasteiger partial charge in [-0.2, -0.15) is 0 Å². The molecule has 0 unspecified atom stereocenters. The molecule has 4 nitrogen and oxygen atoms in total. The molecule has 0 spiro atoms. The zero-order valence-corrected chi connectivity index (χ0v) is 17.0. The maximum Gasteiger partial charge on any atom is 0.256 e. The third kappa shape index (κ3) is 3.69. The third-order valence-corrected chi connectivity index (χ3v) is 5.94. The highest BCUT2D eigenvalue weighted by atomic mass is 35.5. The van der Waals surface area contributed by atoms with Crippen molar-refractivity contribution in [1.82, 2.24) is 9.88 Å². The topological polar surface area (TPSA) is 45.2 Å². The van der Waals surface area contributed by atoms with Crippen LogP contribution >= 0.6 is 11.6 Å². The minimum absolute atomic E-state index is 0.0699. The first kappa shape index (κ1) is 18.8. The van der Waals surface area contributed by atoms with Crippen molar-refractivity contribution >= 4 is 39.8 Å². The molecule has 144 valence electrons. The number of nitrogens with one attached hydrogen (secondary N) is 1. The second-order valence-corrected chi connectivity index (χ2v) is 8.04. The number of aryl methyl sites for hydroxylation is 1. The maximum absolute atomic E-state index is 13.1. The van der Waals surface area contributed by atoms with E-state index in [1.807, 2.05) is 54.3 Å². The van der Waals surface area contributed by atoms with Gasteiger partial charge in [0, 0.05) is 35.4 Å². The van der Waals surface area contributed by atoms with Crippen molar-refractivity contribution in [2.75, 3.05) is 18.4 Å². The fourth-order valence-corrected chi connectivity index (χ4v) is 3.83. The van der Waals surface area contributed by atoms with Crippen LogP contribution in [0.4, 0.5) is 11.5 Å². The van der Waals surface area contributed by atoms with E-state index >= 15 is 0 Å². The van der Waals surface area contributed by atoms with Gasteiger partial charge in [0.25, 0.3) is 5.91 Å². The first-order valence-electron chi connectivity index (χ1n) is 9.73. The van der Waals surface area contributed by atoms with Gasteiger partial charge in [-0.15, -0.1) is 0 Å². The predicted octanol–water partition coefficient (Wildman–Crippen LogP) is 5.81. The zero-order valence-electron chi connectivity index (χ0n) is 16.2. The number of fused-ring (bicyclic) bond motifs is 1. The number of anilines is 2. The second-order valence-electron chi connectivity index (χ2n) is 7.63. The average Bonchev–Trinajstić information content (AvgIpc) is 2.71. The van der Waals surface area contributed by atoms with E-state index in [2.05, 4.69) is 17.2 Å². The van der Waals surface area contributed by atoms with Crippen LogP contribution in [-0.4, -0.2) is 28.9 Å². The van der Waals surface area contributed by atoms with E-state index in [-0.39, 0.29) is 5.91 Å². The average molecular weight is 394 g/mol. The van der Waals surface area contributed by atoms with Crippen molar-refractivity contribution in [3.8, 4) is 0 Å². The summed E-state index contributed by atoms with van der Waals surface area (Å²) in [4.78, 5) is 19.7. The standard InChI is InChI=1S/C23H24ClN3O/c1-15-9-11-27(12-10-15)23(28)20-14-25-22(19-6-4-3-5-18(19)20)26-17-8-7-16(2)21(24)13-17/h3-8,13-15H,9-12H2,1-2H3,(H,25,26). The van der Waals surface area contributed by atoms with E-state index in [1.165, 1.54) is 0 Å². The van der Waals surface area contributed by atoms with E-state index < -0.39 is 0 Å². The molecule has 4 rings (SSSR count). The van der Waals surface area contributed by atoms with E-state index in [0.717, 1.165) is 53.8 Å². The van der Waals surface area contributed by atoms with E-state index in [0.29, 0.717) is 16.5 Å². The summed E-state index contributed by atoms with van der Waals surface area (Å²) >= 11 is 6.25. The van der Waals surface area contributed by atoms with Gasteiger partial charge in [-0.3, -0.25) is 4.79 Å². The van der Waals surface area contributed by atoms with Gasteiger partial charge in [0.1, 0.15) is 5.82 Å². The zero-order chi connectivity index (χ0) is 19.7. The van der Waals surface area contributed by atoms with Crippen molar-refractivity contribution in [3.63, 3.8) is 0 Å². The molecule has 3 aromatic rings. The number of likely N-dealkylation sites (tertiary alicyclic amines) is 1. The quantitative estimate of drug-likeness (QED) is 0.610. The molecule has 1 amide bonds. The normalized spacial score (nSPS) is 15.0. The van der Waals surface area contributed by atoms with Gasteiger partial charge in [0.15, 0.2) is 0 Å². The molecule has 2 heterocycles. The highest BCUT2D eigenvalue weighted by Crippen LogP contribution is 2.30. The molecule has 0 bridgehead atoms. The Kier molecular flexibility index (Phi) is 5.23. The van der Waals surface area contributed by atoms with Gasteiger partial charge >= 0.3 is 0 Å². The summed E-state index contributed by atoms with van der Waals surface area (Å²) in [6, 6.07) is 13.8. The van der Waals surface area contributed by atoms with E-state index in [1.54, 1.807) is 6.20 Å². The second kappa shape index (κ2) is 7.80. The molecule has 1 aliphatic heterocycles. The lowest BCUT2D eigenvalue weighted by Gasteiger charge is -2.30. The van der Waals surface area contributed by atoms with Gasteiger partial charge in [0.05, 0.1) is 5.56 Å². The lowest BCUT2D eigenvalue weighted by atomic mass is 9.98. The number of aromatic nitrogens is 1. The van der Waals surface area contributed by atoms with Crippen LogP contribution in [0.15, 0.2) is 48.7 Å². The number of benzene rings is 2. The number of carbonyl (C=O) groups excluding carboxylic acids is 1. The predicted molar refractivity (Wildman–Crippen MR) is 116 cm³/mol. The van der Waals surface area contributed by atoms with Crippen LogP contribution < -0.4 is 5.32 Å². The number of nitrogens with zero attached hydrogens (tertiary/aromatic N) is 2.